The third-order valence-corrected chi connectivity index (χ3v) is 3.14. The topological polar surface area (TPSA) is 50.7 Å². The molecule has 1 fully saturated rings. The Kier molecular flexibility index (Phi) is 7.76. The molecule has 0 aromatic heterocycles. The lowest BCUT2D eigenvalue weighted by Crippen LogP contribution is -2.37. The van der Waals surface area contributed by atoms with Gasteiger partial charge in [-0.25, -0.2) is 0 Å². The maximum absolute atomic E-state index is 8.53. The molecular weight excluding hydrogens is 206 g/mol. The molecule has 4 heteroatoms. The molecule has 1 heterocycles. The molecule has 1 saturated heterocycles. The SMILES string of the molecule is CC(NCCCOCCO)C1CCOCC1. The second kappa shape index (κ2) is 8.93. The van der Waals surface area contributed by atoms with Gasteiger partial charge in [-0.15, -0.1) is 0 Å². The van der Waals surface area contributed by atoms with E-state index in [9.17, 15) is 0 Å². The molecule has 0 saturated carbocycles. The van der Waals surface area contributed by atoms with E-state index >= 15 is 0 Å². The summed E-state index contributed by atoms with van der Waals surface area (Å²) >= 11 is 0. The maximum Gasteiger partial charge on any atom is 0.0697 e. The van der Waals surface area contributed by atoms with Gasteiger partial charge in [0.15, 0.2) is 0 Å². The lowest BCUT2D eigenvalue weighted by atomic mass is 9.93. The number of hydrogen-bond donors (Lipinski definition) is 2. The summed E-state index contributed by atoms with van der Waals surface area (Å²) in [6, 6.07) is 0.571. The summed E-state index contributed by atoms with van der Waals surface area (Å²) in [6.07, 6.45) is 3.36. The molecular formula is C12H25NO3. The first-order chi connectivity index (χ1) is 7.84. The third kappa shape index (κ3) is 5.80. The Hall–Kier alpha value is -0.160. The molecule has 0 aromatic carbocycles. The zero-order chi connectivity index (χ0) is 11.6. The van der Waals surface area contributed by atoms with Crippen LogP contribution in [0.1, 0.15) is 26.2 Å². The molecule has 1 unspecified atom stereocenters. The van der Waals surface area contributed by atoms with Crippen molar-refractivity contribution in [3.63, 3.8) is 0 Å². The molecule has 0 spiro atoms. The van der Waals surface area contributed by atoms with Crippen molar-refractivity contribution in [3.8, 4) is 0 Å². The molecule has 96 valence electrons. The fraction of sp³-hybridized carbons (Fsp3) is 1.00. The lowest BCUT2D eigenvalue weighted by Gasteiger charge is -2.28. The van der Waals surface area contributed by atoms with Crippen LogP contribution in [-0.4, -0.2) is 50.7 Å². The van der Waals surface area contributed by atoms with Crippen LogP contribution < -0.4 is 5.32 Å². The second-order valence-corrected chi connectivity index (χ2v) is 4.38. The van der Waals surface area contributed by atoms with Gasteiger partial charge in [0.05, 0.1) is 13.2 Å². The van der Waals surface area contributed by atoms with Gasteiger partial charge in [0.25, 0.3) is 0 Å². The molecule has 0 aliphatic carbocycles. The van der Waals surface area contributed by atoms with E-state index in [0.29, 0.717) is 12.6 Å². The molecule has 1 aliphatic heterocycles. The van der Waals surface area contributed by atoms with Crippen molar-refractivity contribution in [1.82, 2.24) is 5.32 Å². The minimum atomic E-state index is 0.117. The third-order valence-electron chi connectivity index (χ3n) is 3.14. The maximum atomic E-state index is 8.53. The summed E-state index contributed by atoms with van der Waals surface area (Å²) in [5.74, 6) is 0.757. The van der Waals surface area contributed by atoms with E-state index in [2.05, 4.69) is 12.2 Å². The Bertz CT molecular complexity index is 160. The molecule has 0 bridgehead atoms. The minimum absolute atomic E-state index is 0.117. The highest BCUT2D eigenvalue weighted by Crippen LogP contribution is 2.18. The molecule has 1 atom stereocenters. The predicted octanol–water partition coefficient (Wildman–Crippen LogP) is 0.790. The molecule has 0 radical (unpaired) electrons. The average Bonchev–Trinajstić information content (AvgIpc) is 2.34. The van der Waals surface area contributed by atoms with Gasteiger partial charge in [0.2, 0.25) is 0 Å². The van der Waals surface area contributed by atoms with E-state index in [-0.39, 0.29) is 6.61 Å². The molecule has 4 nitrogen and oxygen atoms in total. The van der Waals surface area contributed by atoms with Crippen LogP contribution in [0.3, 0.4) is 0 Å². The summed E-state index contributed by atoms with van der Waals surface area (Å²) in [5, 5.41) is 12.1. The second-order valence-electron chi connectivity index (χ2n) is 4.38. The van der Waals surface area contributed by atoms with Crippen molar-refractivity contribution in [3.05, 3.63) is 0 Å². The van der Waals surface area contributed by atoms with Crippen molar-refractivity contribution >= 4 is 0 Å². The zero-order valence-electron chi connectivity index (χ0n) is 10.3. The van der Waals surface area contributed by atoms with Gasteiger partial charge >= 0.3 is 0 Å². The Morgan fingerprint density at radius 3 is 2.81 bits per heavy atom. The first-order valence-corrected chi connectivity index (χ1v) is 6.34. The number of hydrogen-bond acceptors (Lipinski definition) is 4. The quantitative estimate of drug-likeness (QED) is 0.606. The summed E-state index contributed by atoms with van der Waals surface area (Å²) in [7, 11) is 0. The average molecular weight is 231 g/mol. The summed E-state index contributed by atoms with van der Waals surface area (Å²) < 4.78 is 10.5. The molecule has 0 aromatic rings. The van der Waals surface area contributed by atoms with Crippen molar-refractivity contribution in [2.24, 2.45) is 5.92 Å². The summed E-state index contributed by atoms with van der Waals surface area (Å²) in [4.78, 5) is 0. The highest BCUT2D eigenvalue weighted by molar-refractivity contribution is 4.74. The number of aliphatic hydroxyl groups excluding tert-OH is 1. The minimum Gasteiger partial charge on any atom is -0.394 e. The van der Waals surface area contributed by atoms with Crippen LogP contribution in [0.15, 0.2) is 0 Å². The Morgan fingerprint density at radius 2 is 2.12 bits per heavy atom. The molecule has 1 aliphatic rings. The fourth-order valence-electron chi connectivity index (χ4n) is 2.05. The van der Waals surface area contributed by atoms with Gasteiger partial charge in [0.1, 0.15) is 0 Å². The van der Waals surface area contributed by atoms with Crippen LogP contribution in [0.25, 0.3) is 0 Å². The molecule has 16 heavy (non-hydrogen) atoms. The molecule has 0 amide bonds. The van der Waals surface area contributed by atoms with Crippen molar-refractivity contribution in [2.75, 3.05) is 39.6 Å². The van der Waals surface area contributed by atoms with Crippen LogP contribution in [0, 0.1) is 5.92 Å². The Balaban J connectivity index is 1.94. The van der Waals surface area contributed by atoms with Crippen molar-refractivity contribution < 1.29 is 14.6 Å². The highest BCUT2D eigenvalue weighted by Gasteiger charge is 2.19. The van der Waals surface area contributed by atoms with Crippen LogP contribution >= 0.6 is 0 Å². The van der Waals surface area contributed by atoms with Crippen molar-refractivity contribution in [1.29, 1.82) is 0 Å². The van der Waals surface area contributed by atoms with E-state index in [4.69, 9.17) is 14.6 Å². The fourth-order valence-corrected chi connectivity index (χ4v) is 2.05. The normalized spacial score (nSPS) is 19.9. The monoisotopic (exact) mass is 231 g/mol. The van der Waals surface area contributed by atoms with Crippen molar-refractivity contribution in [2.45, 2.75) is 32.2 Å². The smallest absolute Gasteiger partial charge is 0.0697 e. The van der Waals surface area contributed by atoms with Gasteiger partial charge in [-0.05, 0) is 38.6 Å². The summed E-state index contributed by atoms with van der Waals surface area (Å²) in [5.41, 5.74) is 0. The lowest BCUT2D eigenvalue weighted by molar-refractivity contribution is 0.0550. The van der Waals surface area contributed by atoms with Crippen LogP contribution in [0.4, 0.5) is 0 Å². The first kappa shape index (κ1) is 13.9. The first-order valence-electron chi connectivity index (χ1n) is 6.34. The van der Waals surface area contributed by atoms with Crippen LogP contribution in [0.2, 0.25) is 0 Å². The van der Waals surface area contributed by atoms with E-state index in [1.807, 2.05) is 0 Å². The van der Waals surface area contributed by atoms with E-state index in [1.165, 1.54) is 12.8 Å². The zero-order valence-corrected chi connectivity index (χ0v) is 10.3. The molecule has 1 rings (SSSR count). The van der Waals surface area contributed by atoms with Crippen LogP contribution in [0.5, 0.6) is 0 Å². The molecule has 2 N–H and O–H groups in total. The Morgan fingerprint density at radius 1 is 1.38 bits per heavy atom. The standard InChI is InChI=1S/C12H25NO3/c1-11(12-3-8-16-9-4-12)13-5-2-7-15-10-6-14/h11-14H,2-10H2,1H3. The van der Waals surface area contributed by atoms with E-state index in [1.54, 1.807) is 0 Å². The van der Waals surface area contributed by atoms with E-state index < -0.39 is 0 Å². The van der Waals surface area contributed by atoms with Crippen LogP contribution in [-0.2, 0) is 9.47 Å². The number of rotatable bonds is 8. The summed E-state index contributed by atoms with van der Waals surface area (Å²) in [6.45, 7) is 6.37. The van der Waals surface area contributed by atoms with Gasteiger partial charge in [-0.2, -0.15) is 0 Å². The van der Waals surface area contributed by atoms with Gasteiger partial charge in [-0.1, -0.05) is 0 Å². The van der Waals surface area contributed by atoms with E-state index in [0.717, 1.165) is 38.7 Å². The number of ether oxygens (including phenoxy) is 2. The highest BCUT2D eigenvalue weighted by atomic mass is 16.5. The number of nitrogens with one attached hydrogen (secondary N) is 1. The van der Waals surface area contributed by atoms with Gasteiger partial charge in [0, 0.05) is 25.9 Å². The van der Waals surface area contributed by atoms with Gasteiger partial charge in [-0.3, -0.25) is 0 Å². The predicted molar refractivity (Wildman–Crippen MR) is 63.5 cm³/mol. The Labute approximate surface area is 98.3 Å². The van der Waals surface area contributed by atoms with Gasteiger partial charge < -0.3 is 19.9 Å². The largest absolute Gasteiger partial charge is 0.394 e. The number of aliphatic hydroxyl groups is 1.